The number of hydrogen-bond donors (Lipinski definition) is 3. The van der Waals surface area contributed by atoms with Crippen LogP contribution in [-0.2, 0) is 4.79 Å². The normalized spacial score (nSPS) is 13.3. The molecule has 0 saturated heterocycles. The zero-order valence-corrected chi connectivity index (χ0v) is 11.3. The Bertz CT molecular complexity index is 275. The van der Waals surface area contributed by atoms with Gasteiger partial charge in [0.05, 0.1) is 6.42 Å². The van der Waals surface area contributed by atoms with Crippen LogP contribution < -0.4 is 10.6 Å². The molecule has 5 heteroatoms. The summed E-state index contributed by atoms with van der Waals surface area (Å²) in [6.45, 7) is 10.2. The minimum absolute atomic E-state index is 0.0971. The molecule has 0 aliphatic rings. The third kappa shape index (κ3) is 7.60. The zero-order valence-electron chi connectivity index (χ0n) is 11.3. The van der Waals surface area contributed by atoms with Gasteiger partial charge in [-0.25, -0.2) is 4.79 Å². The second-order valence-corrected chi connectivity index (χ2v) is 5.51. The quantitative estimate of drug-likeness (QED) is 0.667. The van der Waals surface area contributed by atoms with Gasteiger partial charge in [0.25, 0.3) is 0 Å². The number of nitrogens with one attached hydrogen (secondary N) is 2. The first-order valence-corrected chi connectivity index (χ1v) is 5.92. The standard InChI is InChI=1S/C12H24N2O3/c1-8(2)9(3)7-13-11(17)14-12(4,5)6-10(15)16/h8-9H,6-7H2,1-5H3,(H,15,16)(H2,13,14,17). The molecule has 0 heterocycles. The summed E-state index contributed by atoms with van der Waals surface area (Å²) in [4.78, 5) is 22.1. The number of carbonyl (C=O) groups is 2. The molecule has 100 valence electrons. The summed E-state index contributed by atoms with van der Waals surface area (Å²) in [6.07, 6.45) is -0.0971. The first-order valence-electron chi connectivity index (χ1n) is 5.92. The lowest BCUT2D eigenvalue weighted by Gasteiger charge is -2.25. The highest BCUT2D eigenvalue weighted by atomic mass is 16.4. The van der Waals surface area contributed by atoms with E-state index in [0.717, 1.165) is 0 Å². The molecule has 0 aromatic heterocycles. The van der Waals surface area contributed by atoms with Crippen LogP contribution in [0.5, 0.6) is 0 Å². The van der Waals surface area contributed by atoms with E-state index in [2.05, 4.69) is 31.4 Å². The van der Waals surface area contributed by atoms with Crippen LogP contribution in [0.2, 0.25) is 0 Å². The van der Waals surface area contributed by atoms with Crippen LogP contribution in [0.1, 0.15) is 41.0 Å². The molecular weight excluding hydrogens is 220 g/mol. The summed E-state index contributed by atoms with van der Waals surface area (Å²) in [5.74, 6) is -0.0310. The number of aliphatic carboxylic acids is 1. The van der Waals surface area contributed by atoms with Crippen LogP contribution >= 0.6 is 0 Å². The molecule has 0 fully saturated rings. The monoisotopic (exact) mass is 244 g/mol. The molecule has 0 aromatic rings. The maximum absolute atomic E-state index is 11.6. The first kappa shape index (κ1) is 15.7. The average molecular weight is 244 g/mol. The van der Waals surface area contributed by atoms with Gasteiger partial charge >= 0.3 is 12.0 Å². The number of carboxylic acids is 1. The zero-order chi connectivity index (χ0) is 13.6. The van der Waals surface area contributed by atoms with Crippen LogP contribution in [0, 0.1) is 11.8 Å². The third-order valence-electron chi connectivity index (χ3n) is 2.77. The number of hydrogen-bond acceptors (Lipinski definition) is 2. The molecule has 0 bridgehead atoms. The predicted molar refractivity (Wildman–Crippen MR) is 66.9 cm³/mol. The second-order valence-electron chi connectivity index (χ2n) is 5.51. The van der Waals surface area contributed by atoms with E-state index in [4.69, 9.17) is 5.11 Å². The molecule has 0 saturated carbocycles. The summed E-state index contributed by atoms with van der Waals surface area (Å²) >= 11 is 0. The van der Waals surface area contributed by atoms with Gasteiger partial charge in [-0.3, -0.25) is 4.79 Å². The SMILES string of the molecule is CC(C)C(C)CNC(=O)NC(C)(C)CC(=O)O. The summed E-state index contributed by atoms with van der Waals surface area (Å²) in [7, 11) is 0. The molecule has 0 spiro atoms. The smallest absolute Gasteiger partial charge is 0.315 e. The molecule has 5 nitrogen and oxygen atoms in total. The third-order valence-corrected chi connectivity index (χ3v) is 2.77. The molecule has 0 aliphatic heterocycles. The Labute approximate surface area is 103 Å². The molecular formula is C12H24N2O3. The number of carboxylic acid groups (broad SMARTS) is 1. The Balaban J connectivity index is 4.05. The minimum atomic E-state index is -0.925. The fraction of sp³-hybridized carbons (Fsp3) is 0.833. The van der Waals surface area contributed by atoms with Crippen molar-refractivity contribution in [2.45, 2.75) is 46.6 Å². The largest absolute Gasteiger partial charge is 0.481 e. The fourth-order valence-corrected chi connectivity index (χ4v) is 1.26. The molecule has 2 amide bonds. The van der Waals surface area contributed by atoms with Crippen LogP contribution in [0.4, 0.5) is 4.79 Å². The van der Waals surface area contributed by atoms with Crippen LogP contribution in [-0.4, -0.2) is 29.2 Å². The van der Waals surface area contributed by atoms with E-state index >= 15 is 0 Å². The van der Waals surface area contributed by atoms with Crippen LogP contribution in [0.3, 0.4) is 0 Å². The molecule has 0 aromatic carbocycles. The van der Waals surface area contributed by atoms with Gasteiger partial charge in [-0.15, -0.1) is 0 Å². The Morgan fingerprint density at radius 3 is 2.18 bits per heavy atom. The molecule has 17 heavy (non-hydrogen) atoms. The van der Waals surface area contributed by atoms with Crippen LogP contribution in [0.25, 0.3) is 0 Å². The van der Waals surface area contributed by atoms with E-state index in [-0.39, 0.29) is 12.5 Å². The van der Waals surface area contributed by atoms with E-state index < -0.39 is 11.5 Å². The van der Waals surface area contributed by atoms with E-state index in [1.54, 1.807) is 13.8 Å². The molecule has 3 N–H and O–H groups in total. The van der Waals surface area contributed by atoms with Crippen molar-refractivity contribution in [3.63, 3.8) is 0 Å². The average Bonchev–Trinajstić information content (AvgIpc) is 2.10. The summed E-state index contributed by atoms with van der Waals surface area (Å²) in [6, 6.07) is -0.316. The highest BCUT2D eigenvalue weighted by Gasteiger charge is 2.23. The Morgan fingerprint density at radius 2 is 1.76 bits per heavy atom. The number of amides is 2. The molecule has 0 rings (SSSR count). The van der Waals surface area contributed by atoms with Crippen molar-refractivity contribution in [1.29, 1.82) is 0 Å². The molecule has 0 aliphatic carbocycles. The lowest BCUT2D eigenvalue weighted by atomic mass is 9.98. The highest BCUT2D eigenvalue weighted by molar-refractivity contribution is 5.76. The lowest BCUT2D eigenvalue weighted by molar-refractivity contribution is -0.138. The van der Waals surface area contributed by atoms with Crippen LogP contribution in [0.15, 0.2) is 0 Å². The van der Waals surface area contributed by atoms with Gasteiger partial charge in [0, 0.05) is 12.1 Å². The topological polar surface area (TPSA) is 78.4 Å². The van der Waals surface area contributed by atoms with E-state index in [0.29, 0.717) is 18.4 Å². The van der Waals surface area contributed by atoms with Crippen molar-refractivity contribution in [3.05, 3.63) is 0 Å². The summed E-state index contributed by atoms with van der Waals surface area (Å²) < 4.78 is 0. The molecule has 0 radical (unpaired) electrons. The van der Waals surface area contributed by atoms with Gasteiger partial charge in [-0.1, -0.05) is 20.8 Å². The van der Waals surface area contributed by atoms with Crippen molar-refractivity contribution in [2.75, 3.05) is 6.54 Å². The van der Waals surface area contributed by atoms with Gasteiger partial charge in [0.1, 0.15) is 0 Å². The van der Waals surface area contributed by atoms with Crippen molar-refractivity contribution in [3.8, 4) is 0 Å². The van der Waals surface area contributed by atoms with Crippen molar-refractivity contribution in [2.24, 2.45) is 11.8 Å². The van der Waals surface area contributed by atoms with Gasteiger partial charge in [0.2, 0.25) is 0 Å². The van der Waals surface area contributed by atoms with Crippen molar-refractivity contribution in [1.82, 2.24) is 10.6 Å². The minimum Gasteiger partial charge on any atom is -0.481 e. The Morgan fingerprint density at radius 1 is 1.24 bits per heavy atom. The van der Waals surface area contributed by atoms with E-state index in [1.165, 1.54) is 0 Å². The van der Waals surface area contributed by atoms with Gasteiger partial charge in [-0.05, 0) is 25.7 Å². The molecule has 1 atom stereocenters. The summed E-state index contributed by atoms with van der Waals surface area (Å²) in [5.41, 5.74) is -0.739. The number of carbonyl (C=O) groups excluding carboxylic acids is 1. The highest BCUT2D eigenvalue weighted by Crippen LogP contribution is 2.09. The maximum atomic E-state index is 11.6. The van der Waals surface area contributed by atoms with Gasteiger partial charge < -0.3 is 15.7 Å². The van der Waals surface area contributed by atoms with Crippen molar-refractivity contribution < 1.29 is 14.7 Å². The predicted octanol–water partition coefficient (Wildman–Crippen LogP) is 1.83. The maximum Gasteiger partial charge on any atom is 0.315 e. The Hall–Kier alpha value is -1.26. The van der Waals surface area contributed by atoms with E-state index in [1.807, 2.05) is 0 Å². The Kier molecular flexibility index (Phi) is 5.99. The number of urea groups is 1. The van der Waals surface area contributed by atoms with E-state index in [9.17, 15) is 9.59 Å². The lowest BCUT2D eigenvalue weighted by Crippen LogP contribution is -2.50. The van der Waals surface area contributed by atoms with Gasteiger partial charge in [0.15, 0.2) is 0 Å². The second kappa shape index (κ2) is 6.47. The first-order chi connectivity index (χ1) is 7.64. The molecule has 1 unspecified atom stereocenters. The fourth-order valence-electron chi connectivity index (χ4n) is 1.26. The number of rotatable bonds is 6. The van der Waals surface area contributed by atoms with Crippen molar-refractivity contribution >= 4 is 12.0 Å². The van der Waals surface area contributed by atoms with Gasteiger partial charge in [-0.2, -0.15) is 0 Å². The summed E-state index contributed by atoms with van der Waals surface area (Å²) in [5, 5.41) is 14.1.